The number of nitrogens with zero attached hydrogens (tertiary/aromatic N) is 3. The highest BCUT2D eigenvalue weighted by Crippen LogP contribution is 2.34. The lowest BCUT2D eigenvalue weighted by atomic mass is 10.2. The van der Waals surface area contributed by atoms with Gasteiger partial charge in [0.05, 0.1) is 0 Å². The highest BCUT2D eigenvalue weighted by atomic mass is 79.9. The zero-order valence-electron chi connectivity index (χ0n) is 10.3. The molecule has 1 aromatic carbocycles. The van der Waals surface area contributed by atoms with Gasteiger partial charge in [0.25, 0.3) is 0 Å². The van der Waals surface area contributed by atoms with Crippen LogP contribution in [-0.4, -0.2) is 23.1 Å². The van der Waals surface area contributed by atoms with Crippen molar-refractivity contribution in [2.75, 3.05) is 18.0 Å². The lowest BCUT2D eigenvalue weighted by molar-refractivity contribution is 0.662. The van der Waals surface area contributed by atoms with Crippen LogP contribution in [-0.2, 0) is 0 Å². The third kappa shape index (κ3) is 1.72. The molecule has 4 rings (SSSR count). The smallest absolute Gasteiger partial charge is 0.199 e. The van der Waals surface area contributed by atoms with Crippen molar-refractivity contribution < 1.29 is 4.42 Å². The molecule has 3 aromatic rings. The number of hydrogen-bond donors (Lipinski definition) is 0. The average molecular weight is 318 g/mol. The summed E-state index contributed by atoms with van der Waals surface area (Å²) < 4.78 is 6.58. The summed E-state index contributed by atoms with van der Waals surface area (Å²) in [5.41, 5.74) is 2.55. The Balaban J connectivity index is 2.06. The molecule has 0 spiro atoms. The molecule has 0 saturated carbocycles. The Labute approximate surface area is 118 Å². The highest BCUT2D eigenvalue weighted by Gasteiger charge is 2.21. The Kier molecular flexibility index (Phi) is 2.48. The fourth-order valence-electron chi connectivity index (χ4n) is 2.69. The molecule has 0 unspecified atom stereocenters. The van der Waals surface area contributed by atoms with Crippen LogP contribution >= 0.6 is 15.9 Å². The van der Waals surface area contributed by atoms with Gasteiger partial charge in [-0.25, -0.2) is 9.97 Å². The van der Waals surface area contributed by atoms with Gasteiger partial charge >= 0.3 is 0 Å². The maximum atomic E-state index is 5.96. The maximum Gasteiger partial charge on any atom is 0.199 e. The predicted octanol–water partition coefficient (Wildman–Crippen LogP) is 3.74. The summed E-state index contributed by atoms with van der Waals surface area (Å²) in [6, 6.07) is 7.98. The van der Waals surface area contributed by atoms with E-state index in [0.29, 0.717) is 4.73 Å². The summed E-state index contributed by atoms with van der Waals surface area (Å²) in [5, 5.41) is 1.04. The molecule has 2 aromatic heterocycles. The lowest BCUT2D eigenvalue weighted by Crippen LogP contribution is -2.19. The van der Waals surface area contributed by atoms with Gasteiger partial charge in [0.15, 0.2) is 16.1 Å². The quantitative estimate of drug-likeness (QED) is 0.641. The van der Waals surface area contributed by atoms with E-state index in [9.17, 15) is 0 Å². The Morgan fingerprint density at radius 1 is 1.11 bits per heavy atom. The Bertz CT molecular complexity index is 762. The van der Waals surface area contributed by atoms with Crippen molar-refractivity contribution in [1.82, 2.24) is 9.97 Å². The predicted molar refractivity (Wildman–Crippen MR) is 78.5 cm³/mol. The first kappa shape index (κ1) is 11.2. The van der Waals surface area contributed by atoms with Crippen molar-refractivity contribution in [3.05, 3.63) is 29.0 Å². The summed E-state index contributed by atoms with van der Waals surface area (Å²) >= 11 is 3.41. The molecule has 1 aliphatic rings. The van der Waals surface area contributed by atoms with E-state index in [0.717, 1.165) is 41.0 Å². The number of anilines is 1. The molecule has 1 fully saturated rings. The molecule has 0 amide bonds. The minimum absolute atomic E-state index is 0.619. The molecule has 4 nitrogen and oxygen atoms in total. The number of hydrogen-bond acceptors (Lipinski definition) is 4. The van der Waals surface area contributed by atoms with Gasteiger partial charge in [-0.1, -0.05) is 12.1 Å². The van der Waals surface area contributed by atoms with E-state index >= 15 is 0 Å². The summed E-state index contributed by atoms with van der Waals surface area (Å²) in [6.45, 7) is 2.07. The van der Waals surface area contributed by atoms with Crippen molar-refractivity contribution in [1.29, 1.82) is 0 Å². The number of halogens is 1. The largest absolute Gasteiger partial charge is 0.450 e. The number of benzene rings is 1. The van der Waals surface area contributed by atoms with Gasteiger partial charge in [0, 0.05) is 18.5 Å². The van der Waals surface area contributed by atoms with Gasteiger partial charge in [0.2, 0.25) is 0 Å². The Hall–Kier alpha value is -1.62. The SMILES string of the molecule is Brc1nc(N2CCCC2)c2oc3ccccc3c2n1. The van der Waals surface area contributed by atoms with Crippen LogP contribution in [0.15, 0.2) is 33.4 Å². The van der Waals surface area contributed by atoms with E-state index in [1.54, 1.807) is 0 Å². The second kappa shape index (κ2) is 4.20. The molecule has 0 radical (unpaired) electrons. The molecule has 1 saturated heterocycles. The van der Waals surface area contributed by atoms with Crippen LogP contribution in [0.5, 0.6) is 0 Å². The van der Waals surface area contributed by atoms with Gasteiger partial charge in [-0.3, -0.25) is 0 Å². The van der Waals surface area contributed by atoms with Crippen LogP contribution in [0.1, 0.15) is 12.8 Å². The number of aromatic nitrogens is 2. The van der Waals surface area contributed by atoms with Crippen molar-refractivity contribution >= 4 is 43.8 Å². The fraction of sp³-hybridized carbons (Fsp3) is 0.286. The van der Waals surface area contributed by atoms with Gasteiger partial charge < -0.3 is 9.32 Å². The highest BCUT2D eigenvalue weighted by molar-refractivity contribution is 9.10. The van der Waals surface area contributed by atoms with E-state index in [-0.39, 0.29) is 0 Å². The molecule has 0 N–H and O–H groups in total. The summed E-state index contributed by atoms with van der Waals surface area (Å²) in [7, 11) is 0. The van der Waals surface area contributed by atoms with E-state index in [1.807, 2.05) is 24.3 Å². The lowest BCUT2D eigenvalue weighted by Gasteiger charge is -2.15. The first-order chi connectivity index (χ1) is 9.33. The Morgan fingerprint density at radius 3 is 2.74 bits per heavy atom. The minimum Gasteiger partial charge on any atom is -0.450 e. The zero-order valence-corrected chi connectivity index (χ0v) is 11.9. The van der Waals surface area contributed by atoms with Crippen molar-refractivity contribution in [3.63, 3.8) is 0 Å². The first-order valence-corrected chi connectivity index (χ1v) is 7.22. The third-order valence-corrected chi connectivity index (χ3v) is 3.93. The summed E-state index contributed by atoms with van der Waals surface area (Å²) in [6.07, 6.45) is 2.42. The molecular formula is C14H12BrN3O. The van der Waals surface area contributed by atoms with Gasteiger partial charge in [-0.15, -0.1) is 0 Å². The normalized spacial score (nSPS) is 15.7. The van der Waals surface area contributed by atoms with E-state index in [1.165, 1.54) is 12.8 Å². The Morgan fingerprint density at radius 2 is 1.89 bits per heavy atom. The molecule has 1 aliphatic heterocycles. The maximum absolute atomic E-state index is 5.96. The molecular weight excluding hydrogens is 306 g/mol. The van der Waals surface area contributed by atoms with Crippen LogP contribution < -0.4 is 4.90 Å². The minimum atomic E-state index is 0.619. The fourth-order valence-corrected chi connectivity index (χ4v) is 3.04. The second-order valence-corrected chi connectivity index (χ2v) is 5.50. The van der Waals surface area contributed by atoms with Crippen molar-refractivity contribution in [2.45, 2.75) is 12.8 Å². The van der Waals surface area contributed by atoms with E-state index < -0.39 is 0 Å². The average Bonchev–Trinajstić information content (AvgIpc) is 3.05. The second-order valence-electron chi connectivity index (χ2n) is 4.79. The molecule has 96 valence electrons. The molecule has 19 heavy (non-hydrogen) atoms. The van der Waals surface area contributed by atoms with Gasteiger partial charge in [-0.2, -0.15) is 0 Å². The van der Waals surface area contributed by atoms with Crippen molar-refractivity contribution in [2.24, 2.45) is 0 Å². The van der Waals surface area contributed by atoms with Crippen LogP contribution in [0.3, 0.4) is 0 Å². The molecule has 3 heterocycles. The molecule has 0 bridgehead atoms. The van der Waals surface area contributed by atoms with E-state index in [4.69, 9.17) is 4.42 Å². The number of para-hydroxylation sites is 1. The van der Waals surface area contributed by atoms with Crippen LogP contribution in [0.2, 0.25) is 0 Å². The summed E-state index contributed by atoms with van der Waals surface area (Å²) in [5.74, 6) is 0.908. The number of rotatable bonds is 1. The standard InChI is InChI=1S/C14H12BrN3O/c15-14-16-11-9-5-1-2-6-10(9)19-12(11)13(17-14)18-7-3-4-8-18/h1-2,5-6H,3-4,7-8H2. The van der Waals surface area contributed by atoms with Crippen LogP contribution in [0.25, 0.3) is 22.1 Å². The molecule has 5 heteroatoms. The van der Waals surface area contributed by atoms with Gasteiger partial charge in [0.1, 0.15) is 11.1 Å². The zero-order chi connectivity index (χ0) is 12.8. The van der Waals surface area contributed by atoms with Crippen LogP contribution in [0, 0.1) is 0 Å². The molecule has 0 atom stereocenters. The monoisotopic (exact) mass is 317 g/mol. The summed E-state index contributed by atoms with van der Waals surface area (Å²) in [4.78, 5) is 11.3. The van der Waals surface area contributed by atoms with Gasteiger partial charge in [-0.05, 0) is 40.9 Å². The first-order valence-electron chi connectivity index (χ1n) is 6.43. The number of furan rings is 1. The molecule has 0 aliphatic carbocycles. The topological polar surface area (TPSA) is 42.2 Å². The van der Waals surface area contributed by atoms with Crippen molar-refractivity contribution in [3.8, 4) is 0 Å². The van der Waals surface area contributed by atoms with Crippen LogP contribution in [0.4, 0.5) is 5.82 Å². The third-order valence-electron chi connectivity index (χ3n) is 3.58. The van der Waals surface area contributed by atoms with E-state index in [2.05, 4.69) is 30.8 Å². The number of fused-ring (bicyclic) bond motifs is 3.